The van der Waals surface area contributed by atoms with E-state index in [1.54, 1.807) is 18.1 Å². The lowest BCUT2D eigenvalue weighted by atomic mass is 9.93. The molecule has 0 spiro atoms. The van der Waals surface area contributed by atoms with Crippen LogP contribution in [0.15, 0.2) is 48.5 Å². The minimum Gasteiger partial charge on any atom is -0.496 e. The average molecular weight is 499 g/mol. The van der Waals surface area contributed by atoms with E-state index in [4.69, 9.17) is 4.74 Å². The Bertz CT molecular complexity index is 1380. The van der Waals surface area contributed by atoms with Gasteiger partial charge in [0.15, 0.2) is 5.78 Å². The molecule has 2 aliphatic rings. The molecule has 1 saturated carbocycles. The van der Waals surface area contributed by atoms with Gasteiger partial charge < -0.3 is 19.9 Å². The van der Waals surface area contributed by atoms with Gasteiger partial charge in [0, 0.05) is 35.3 Å². The first-order valence-electron chi connectivity index (χ1n) is 12.7. The summed E-state index contributed by atoms with van der Waals surface area (Å²) >= 11 is 0. The van der Waals surface area contributed by atoms with Crippen molar-refractivity contribution >= 4 is 34.2 Å². The molecule has 1 aliphatic carbocycles. The summed E-state index contributed by atoms with van der Waals surface area (Å²) in [5.74, 6) is -0.000193. The first-order valence-corrected chi connectivity index (χ1v) is 12.7. The molecular weight excluding hydrogens is 468 g/mol. The van der Waals surface area contributed by atoms with Gasteiger partial charge in [0.2, 0.25) is 11.8 Å². The first-order chi connectivity index (χ1) is 18.0. The number of amides is 2. The number of aromatic amines is 1. The molecule has 0 bridgehead atoms. The van der Waals surface area contributed by atoms with Gasteiger partial charge in [-0.2, -0.15) is 5.26 Å². The highest BCUT2D eigenvalue weighted by Crippen LogP contribution is 2.37. The summed E-state index contributed by atoms with van der Waals surface area (Å²) in [5.41, 5.74) is 3.06. The topological polar surface area (TPSA) is 115 Å². The summed E-state index contributed by atoms with van der Waals surface area (Å²) in [6.45, 7) is 0.0734. The number of carbonyl (C=O) groups is 3. The number of Topliss-reactive ketones (excluding diaryl/α,β-unsaturated/α-hetero) is 1. The number of benzene rings is 2. The Balaban J connectivity index is 1.29. The molecule has 2 heterocycles. The average Bonchev–Trinajstić information content (AvgIpc) is 3.62. The van der Waals surface area contributed by atoms with Crippen molar-refractivity contribution in [1.29, 1.82) is 5.26 Å². The maximum atomic E-state index is 13.3. The molecule has 2 amide bonds. The SMILES string of the molecule is COc1cccc2[nH]c(C(=O)C[C@@H](CC3CC3)C(=O)N[C@H](C#N)CN3C(=O)CCc4ccccc43)cc12. The molecule has 1 aliphatic heterocycles. The molecule has 5 rings (SSSR count). The number of H-pyrrole nitrogens is 1. The number of carbonyl (C=O) groups excluding carboxylic acids is 3. The number of nitrogens with one attached hydrogen (secondary N) is 2. The number of aryl methyl sites for hydroxylation is 1. The molecule has 3 aromatic rings. The highest BCUT2D eigenvalue weighted by Gasteiger charge is 2.33. The molecular formula is C29H30N4O4. The number of ether oxygens (including phenoxy) is 1. The molecule has 0 saturated heterocycles. The lowest BCUT2D eigenvalue weighted by Crippen LogP contribution is -2.48. The smallest absolute Gasteiger partial charge is 0.227 e. The van der Waals surface area contributed by atoms with Gasteiger partial charge in [-0.3, -0.25) is 14.4 Å². The number of aromatic nitrogens is 1. The van der Waals surface area contributed by atoms with Crippen LogP contribution in [-0.2, 0) is 16.0 Å². The second kappa shape index (κ2) is 10.5. The summed E-state index contributed by atoms with van der Waals surface area (Å²) in [6, 6.07) is 16.2. The standard InChI is InChI=1S/C29H30N4O4/c1-37-27-8-4-6-23-22(27)15-24(32-23)26(34)14-20(13-18-9-10-18)29(36)31-21(16-30)17-33-25-7-3-2-5-19(25)11-12-28(33)35/h2-8,15,18,20-21,32H,9-14,17H2,1H3,(H,31,36)/t20-,21-/m1/s1. The maximum absolute atomic E-state index is 13.3. The predicted octanol–water partition coefficient (Wildman–Crippen LogP) is 4.15. The number of hydrogen-bond acceptors (Lipinski definition) is 5. The van der Waals surface area contributed by atoms with Crippen molar-refractivity contribution in [2.45, 2.75) is 44.6 Å². The predicted molar refractivity (Wildman–Crippen MR) is 139 cm³/mol. The van der Waals surface area contributed by atoms with Gasteiger partial charge in [-0.1, -0.05) is 37.1 Å². The minimum absolute atomic E-state index is 0.0428. The summed E-state index contributed by atoms with van der Waals surface area (Å²) in [6.07, 6.45) is 3.77. The highest BCUT2D eigenvalue weighted by molar-refractivity contribution is 6.02. The van der Waals surface area contributed by atoms with Gasteiger partial charge in [0.05, 0.1) is 25.4 Å². The molecule has 2 N–H and O–H groups in total. The van der Waals surface area contributed by atoms with Crippen LogP contribution in [-0.4, -0.2) is 42.3 Å². The van der Waals surface area contributed by atoms with Gasteiger partial charge in [0.25, 0.3) is 0 Å². The van der Waals surface area contributed by atoms with E-state index in [0.717, 1.165) is 35.0 Å². The molecule has 1 fully saturated rings. The van der Waals surface area contributed by atoms with Crippen molar-refractivity contribution in [3.8, 4) is 11.8 Å². The fourth-order valence-corrected chi connectivity index (χ4v) is 5.12. The number of nitrogens with zero attached hydrogens (tertiary/aromatic N) is 2. The molecule has 2 atom stereocenters. The van der Waals surface area contributed by atoms with Crippen LogP contribution < -0.4 is 15.0 Å². The van der Waals surface area contributed by atoms with E-state index < -0.39 is 12.0 Å². The molecule has 0 unspecified atom stereocenters. The second-order valence-electron chi connectivity index (χ2n) is 9.93. The maximum Gasteiger partial charge on any atom is 0.227 e. The normalized spacial score (nSPS) is 16.5. The van der Waals surface area contributed by atoms with Crippen LogP contribution in [0.1, 0.15) is 48.2 Å². The molecule has 8 heteroatoms. The number of para-hydroxylation sites is 1. The third kappa shape index (κ3) is 5.36. The number of nitriles is 1. The van der Waals surface area contributed by atoms with Gasteiger partial charge >= 0.3 is 0 Å². The Kier molecular flexibility index (Phi) is 6.95. The lowest BCUT2D eigenvalue weighted by Gasteiger charge is -2.31. The van der Waals surface area contributed by atoms with Crippen LogP contribution in [0.3, 0.4) is 0 Å². The van der Waals surface area contributed by atoms with Crippen LogP contribution >= 0.6 is 0 Å². The number of fused-ring (bicyclic) bond motifs is 2. The number of rotatable bonds is 10. The van der Waals surface area contributed by atoms with Gasteiger partial charge in [-0.15, -0.1) is 0 Å². The van der Waals surface area contributed by atoms with Crippen LogP contribution in [0.5, 0.6) is 5.75 Å². The number of hydrogen-bond donors (Lipinski definition) is 2. The zero-order valence-corrected chi connectivity index (χ0v) is 20.8. The third-order valence-corrected chi connectivity index (χ3v) is 7.29. The van der Waals surface area contributed by atoms with Gasteiger partial charge in [-0.05, 0) is 48.6 Å². The fraction of sp³-hybridized carbons (Fsp3) is 0.379. The van der Waals surface area contributed by atoms with E-state index in [0.29, 0.717) is 36.6 Å². The van der Waals surface area contributed by atoms with Gasteiger partial charge in [0.1, 0.15) is 11.8 Å². The van der Waals surface area contributed by atoms with E-state index >= 15 is 0 Å². The van der Waals surface area contributed by atoms with Crippen LogP contribution in [0.4, 0.5) is 5.69 Å². The number of ketones is 1. The minimum atomic E-state index is -0.878. The van der Waals surface area contributed by atoms with Crippen molar-refractivity contribution in [3.63, 3.8) is 0 Å². The first kappa shape index (κ1) is 24.6. The Labute approximate surface area is 215 Å². The van der Waals surface area contributed by atoms with Crippen molar-refractivity contribution in [1.82, 2.24) is 10.3 Å². The van der Waals surface area contributed by atoms with Crippen LogP contribution in [0, 0.1) is 23.2 Å². The largest absolute Gasteiger partial charge is 0.496 e. The summed E-state index contributed by atoms with van der Waals surface area (Å²) in [7, 11) is 1.58. The van der Waals surface area contributed by atoms with E-state index in [2.05, 4.69) is 16.4 Å². The summed E-state index contributed by atoms with van der Waals surface area (Å²) in [5, 5.41) is 13.5. The molecule has 2 aromatic carbocycles. The monoisotopic (exact) mass is 498 g/mol. The lowest BCUT2D eigenvalue weighted by molar-refractivity contribution is -0.126. The molecule has 0 radical (unpaired) electrons. The quantitative estimate of drug-likeness (QED) is 0.408. The van der Waals surface area contributed by atoms with Crippen LogP contribution in [0.25, 0.3) is 10.9 Å². The summed E-state index contributed by atoms with van der Waals surface area (Å²) in [4.78, 5) is 43.9. The van der Waals surface area contributed by atoms with E-state index in [1.165, 1.54) is 0 Å². The molecule has 190 valence electrons. The second-order valence-corrected chi connectivity index (χ2v) is 9.93. The number of anilines is 1. The zero-order chi connectivity index (χ0) is 25.9. The van der Waals surface area contributed by atoms with E-state index in [1.807, 2.05) is 42.5 Å². The Morgan fingerprint density at radius 2 is 2.00 bits per heavy atom. The molecule has 8 nitrogen and oxygen atoms in total. The zero-order valence-electron chi connectivity index (χ0n) is 20.8. The van der Waals surface area contributed by atoms with Crippen molar-refractivity contribution < 1.29 is 19.1 Å². The van der Waals surface area contributed by atoms with E-state index in [-0.39, 0.29) is 30.6 Å². The van der Waals surface area contributed by atoms with Crippen molar-refractivity contribution in [2.24, 2.45) is 11.8 Å². The highest BCUT2D eigenvalue weighted by atomic mass is 16.5. The Morgan fingerprint density at radius 1 is 1.19 bits per heavy atom. The van der Waals surface area contributed by atoms with Crippen LogP contribution in [0.2, 0.25) is 0 Å². The Hall–Kier alpha value is -4.12. The van der Waals surface area contributed by atoms with Crippen molar-refractivity contribution in [3.05, 3.63) is 59.8 Å². The Morgan fingerprint density at radius 3 is 2.76 bits per heavy atom. The number of methoxy groups -OCH3 is 1. The van der Waals surface area contributed by atoms with Gasteiger partial charge in [-0.25, -0.2) is 0 Å². The van der Waals surface area contributed by atoms with E-state index in [9.17, 15) is 19.6 Å². The molecule has 37 heavy (non-hydrogen) atoms. The fourth-order valence-electron chi connectivity index (χ4n) is 5.12. The van der Waals surface area contributed by atoms with Crippen molar-refractivity contribution in [2.75, 3.05) is 18.6 Å². The molecule has 1 aromatic heterocycles. The summed E-state index contributed by atoms with van der Waals surface area (Å²) < 4.78 is 5.39. The third-order valence-electron chi connectivity index (χ3n) is 7.29.